The second-order valence-electron chi connectivity index (χ2n) is 2.54. The summed E-state index contributed by atoms with van der Waals surface area (Å²) in [4.78, 5) is 11.6. The van der Waals surface area contributed by atoms with Crippen molar-refractivity contribution in [1.82, 2.24) is 5.32 Å². The van der Waals surface area contributed by atoms with Gasteiger partial charge in [-0.25, -0.2) is 0 Å². The maximum atomic E-state index is 11.6. The van der Waals surface area contributed by atoms with Crippen LogP contribution in [0.1, 0.15) is 16.8 Å². The number of carbonyl (C=O) groups excluding carboxylic acids is 1. The summed E-state index contributed by atoms with van der Waals surface area (Å²) in [6.45, 7) is 0.613. The number of thiophene rings is 1. The van der Waals surface area contributed by atoms with Crippen molar-refractivity contribution in [2.75, 3.05) is 12.4 Å². The second-order valence-corrected chi connectivity index (χ2v) is 6.66. The van der Waals surface area contributed by atoms with Gasteiger partial charge >= 0.3 is 0 Å². The molecular formula is C8H8Br2ClNOS. The summed E-state index contributed by atoms with van der Waals surface area (Å²) in [6.07, 6.45) is 0.788. The van der Waals surface area contributed by atoms with E-state index in [1.165, 1.54) is 11.3 Å². The third-order valence-electron chi connectivity index (χ3n) is 1.50. The number of amides is 1. The molecule has 1 amide bonds. The fourth-order valence-electron chi connectivity index (χ4n) is 0.859. The van der Waals surface area contributed by atoms with Gasteiger partial charge in [0.15, 0.2) is 0 Å². The van der Waals surface area contributed by atoms with Crippen molar-refractivity contribution < 1.29 is 4.79 Å². The summed E-state index contributed by atoms with van der Waals surface area (Å²) in [6, 6.07) is 1.80. The van der Waals surface area contributed by atoms with E-state index in [4.69, 9.17) is 11.6 Å². The highest BCUT2D eigenvalue weighted by Crippen LogP contribution is 2.31. The van der Waals surface area contributed by atoms with Gasteiger partial charge in [-0.05, 0) is 44.3 Å². The number of alkyl halides is 1. The molecule has 14 heavy (non-hydrogen) atoms. The van der Waals surface area contributed by atoms with Crippen LogP contribution in [0, 0.1) is 0 Å². The van der Waals surface area contributed by atoms with Gasteiger partial charge in [0.1, 0.15) is 0 Å². The van der Waals surface area contributed by atoms with Gasteiger partial charge in [-0.2, -0.15) is 0 Å². The molecule has 0 fully saturated rings. The summed E-state index contributed by atoms with van der Waals surface area (Å²) < 4.78 is 1.78. The van der Waals surface area contributed by atoms with Crippen LogP contribution in [0.15, 0.2) is 13.6 Å². The van der Waals surface area contributed by atoms with E-state index in [9.17, 15) is 4.79 Å². The zero-order valence-corrected chi connectivity index (χ0v) is 11.9. The lowest BCUT2D eigenvalue weighted by Crippen LogP contribution is -2.24. The molecule has 1 aromatic rings. The van der Waals surface area contributed by atoms with E-state index in [2.05, 4.69) is 37.2 Å². The first-order valence-electron chi connectivity index (χ1n) is 3.94. The third-order valence-corrected chi connectivity index (χ3v) is 4.10. The zero-order valence-electron chi connectivity index (χ0n) is 7.15. The summed E-state index contributed by atoms with van der Waals surface area (Å²) in [5.41, 5.74) is 0.663. The minimum Gasteiger partial charge on any atom is -0.352 e. The molecule has 1 N–H and O–H groups in total. The van der Waals surface area contributed by atoms with Crippen molar-refractivity contribution in [3.05, 3.63) is 19.2 Å². The first-order valence-corrected chi connectivity index (χ1v) is 6.88. The van der Waals surface area contributed by atoms with Gasteiger partial charge in [0.05, 0.1) is 13.1 Å². The molecule has 0 spiro atoms. The Morgan fingerprint density at radius 2 is 2.29 bits per heavy atom. The number of hydrogen-bond acceptors (Lipinski definition) is 2. The monoisotopic (exact) mass is 359 g/mol. The van der Waals surface area contributed by atoms with Crippen LogP contribution >= 0.6 is 54.8 Å². The van der Waals surface area contributed by atoms with Crippen molar-refractivity contribution in [1.29, 1.82) is 0 Å². The normalized spacial score (nSPS) is 10.2. The number of nitrogens with one attached hydrogen (secondary N) is 1. The number of carbonyl (C=O) groups is 1. The molecule has 0 aliphatic carbocycles. The second kappa shape index (κ2) is 6.10. The van der Waals surface area contributed by atoms with Gasteiger partial charge in [-0.3, -0.25) is 4.79 Å². The predicted molar refractivity (Wildman–Crippen MR) is 67.4 cm³/mol. The minimum atomic E-state index is -0.0658. The highest BCUT2D eigenvalue weighted by Gasteiger charge is 2.12. The van der Waals surface area contributed by atoms with Crippen LogP contribution in [0.4, 0.5) is 0 Å². The molecule has 1 aromatic heterocycles. The van der Waals surface area contributed by atoms with Crippen molar-refractivity contribution in [2.24, 2.45) is 0 Å². The molecule has 1 rings (SSSR count). The van der Waals surface area contributed by atoms with Crippen LogP contribution < -0.4 is 5.32 Å². The Labute approximate surface area is 108 Å². The first-order chi connectivity index (χ1) is 6.65. The Morgan fingerprint density at radius 1 is 1.57 bits per heavy atom. The van der Waals surface area contributed by atoms with Crippen molar-refractivity contribution >= 4 is 60.7 Å². The van der Waals surface area contributed by atoms with E-state index in [0.717, 1.165) is 14.0 Å². The topological polar surface area (TPSA) is 29.1 Å². The van der Waals surface area contributed by atoms with Gasteiger partial charge in [-0.1, -0.05) is 0 Å². The van der Waals surface area contributed by atoms with E-state index in [-0.39, 0.29) is 5.91 Å². The van der Waals surface area contributed by atoms with Gasteiger partial charge in [0.2, 0.25) is 0 Å². The molecular weight excluding hydrogens is 353 g/mol. The quantitative estimate of drug-likeness (QED) is 0.644. The molecule has 0 aliphatic heterocycles. The van der Waals surface area contributed by atoms with Crippen LogP contribution in [0.5, 0.6) is 0 Å². The largest absolute Gasteiger partial charge is 0.352 e. The highest BCUT2D eigenvalue weighted by atomic mass is 79.9. The number of halogens is 3. The van der Waals surface area contributed by atoms with Crippen LogP contribution in [-0.4, -0.2) is 18.3 Å². The Hall–Kier alpha value is 0.420. The number of rotatable bonds is 4. The molecule has 0 saturated carbocycles. The molecule has 0 unspecified atom stereocenters. The average molecular weight is 361 g/mol. The number of hydrogen-bond donors (Lipinski definition) is 1. The maximum Gasteiger partial charge on any atom is 0.253 e. The van der Waals surface area contributed by atoms with Crippen LogP contribution in [0.2, 0.25) is 0 Å². The van der Waals surface area contributed by atoms with E-state index in [1.807, 2.05) is 0 Å². The summed E-state index contributed by atoms with van der Waals surface area (Å²) >= 11 is 13.6. The SMILES string of the molecule is O=C(NCCCCl)c1cc(Br)sc1Br. The molecule has 78 valence electrons. The van der Waals surface area contributed by atoms with Crippen molar-refractivity contribution in [3.8, 4) is 0 Å². The smallest absolute Gasteiger partial charge is 0.253 e. The zero-order chi connectivity index (χ0) is 10.6. The maximum absolute atomic E-state index is 11.6. The minimum absolute atomic E-state index is 0.0658. The molecule has 0 atom stereocenters. The Morgan fingerprint density at radius 3 is 2.79 bits per heavy atom. The van der Waals surface area contributed by atoms with E-state index in [0.29, 0.717) is 18.0 Å². The predicted octanol–water partition coefficient (Wildman–Crippen LogP) is 3.63. The lowest BCUT2D eigenvalue weighted by Gasteiger charge is -2.01. The molecule has 0 radical (unpaired) electrons. The van der Waals surface area contributed by atoms with Gasteiger partial charge in [0.25, 0.3) is 5.91 Å². The van der Waals surface area contributed by atoms with Gasteiger partial charge in [0, 0.05) is 12.4 Å². The summed E-state index contributed by atoms with van der Waals surface area (Å²) in [5.74, 6) is 0.498. The van der Waals surface area contributed by atoms with Crippen molar-refractivity contribution in [2.45, 2.75) is 6.42 Å². The molecule has 6 heteroatoms. The standard InChI is InChI=1S/C8H8Br2ClNOS/c9-6-4-5(7(10)14-6)8(13)12-3-1-2-11/h4H,1-3H2,(H,12,13). The Kier molecular flexibility index (Phi) is 5.44. The fourth-order valence-corrected chi connectivity index (χ4v) is 3.79. The van der Waals surface area contributed by atoms with Crippen molar-refractivity contribution in [3.63, 3.8) is 0 Å². The molecule has 0 aromatic carbocycles. The fraction of sp³-hybridized carbons (Fsp3) is 0.375. The van der Waals surface area contributed by atoms with Crippen LogP contribution in [0.25, 0.3) is 0 Å². The molecule has 1 heterocycles. The molecule has 0 bridgehead atoms. The molecule has 2 nitrogen and oxygen atoms in total. The Bertz CT molecular complexity index is 329. The first kappa shape index (κ1) is 12.5. The van der Waals surface area contributed by atoms with E-state index < -0.39 is 0 Å². The lowest BCUT2D eigenvalue weighted by atomic mass is 10.3. The van der Waals surface area contributed by atoms with E-state index in [1.54, 1.807) is 6.07 Å². The summed E-state index contributed by atoms with van der Waals surface area (Å²) in [5, 5.41) is 2.79. The summed E-state index contributed by atoms with van der Waals surface area (Å²) in [7, 11) is 0. The highest BCUT2D eigenvalue weighted by molar-refractivity contribution is 9.12. The van der Waals surface area contributed by atoms with Gasteiger partial charge in [-0.15, -0.1) is 22.9 Å². The third kappa shape index (κ3) is 3.53. The van der Waals surface area contributed by atoms with E-state index >= 15 is 0 Å². The molecule has 0 aliphatic rings. The Balaban J connectivity index is 2.56. The van der Waals surface area contributed by atoms with Crippen LogP contribution in [0.3, 0.4) is 0 Å². The van der Waals surface area contributed by atoms with Crippen LogP contribution in [-0.2, 0) is 0 Å². The average Bonchev–Trinajstić information content (AvgIpc) is 2.45. The lowest BCUT2D eigenvalue weighted by molar-refractivity contribution is 0.0953. The molecule has 0 saturated heterocycles. The van der Waals surface area contributed by atoms with Gasteiger partial charge < -0.3 is 5.32 Å².